The van der Waals surface area contributed by atoms with Crippen LogP contribution in [0.5, 0.6) is 0 Å². The largest absolute Gasteiger partial charge is 0.444 e. The molecular weight excluding hydrogens is 370 g/mol. The molecule has 0 radical (unpaired) electrons. The number of guanidine groups is 1. The molecule has 9 heteroatoms. The summed E-state index contributed by atoms with van der Waals surface area (Å²) < 4.78 is 5.34. The van der Waals surface area contributed by atoms with Gasteiger partial charge in [-0.05, 0) is 38.8 Å². The first-order chi connectivity index (χ1) is 13.8. The number of hydrogen-bond acceptors (Lipinski definition) is 5. The van der Waals surface area contributed by atoms with Crippen molar-refractivity contribution in [2.75, 3.05) is 20.1 Å². The number of aromatic nitrogens is 3. The van der Waals surface area contributed by atoms with Gasteiger partial charge in [0.05, 0.1) is 6.04 Å². The lowest BCUT2D eigenvalue weighted by Gasteiger charge is -2.23. The minimum absolute atomic E-state index is 0.0400. The minimum Gasteiger partial charge on any atom is -0.444 e. The lowest BCUT2D eigenvalue weighted by molar-refractivity contribution is 0.0507. The highest BCUT2D eigenvalue weighted by atomic mass is 16.6. The molecule has 2 heterocycles. The van der Waals surface area contributed by atoms with Crippen LogP contribution in [-0.4, -0.2) is 63.9 Å². The number of carbonyl (C=O) groups is 1. The molecule has 1 aromatic heterocycles. The number of benzene rings is 1. The van der Waals surface area contributed by atoms with Crippen LogP contribution in [0.25, 0.3) is 11.4 Å². The summed E-state index contributed by atoms with van der Waals surface area (Å²) in [6.07, 6.45) is 1.97. The van der Waals surface area contributed by atoms with Crippen LogP contribution in [0.1, 0.15) is 32.8 Å². The molecule has 1 amide bonds. The molecule has 1 aliphatic heterocycles. The number of likely N-dealkylation sites (tertiary alicyclic amines) is 1. The molecule has 0 bridgehead atoms. The molecule has 1 aromatic carbocycles. The monoisotopic (exact) mass is 399 g/mol. The van der Waals surface area contributed by atoms with Gasteiger partial charge in [-0.3, -0.25) is 10.1 Å². The Kier molecular flexibility index (Phi) is 6.36. The summed E-state index contributed by atoms with van der Waals surface area (Å²) in [6, 6.07) is 8.15. The number of amides is 1. The molecule has 0 aliphatic carbocycles. The molecule has 1 fully saturated rings. The highest BCUT2D eigenvalue weighted by Crippen LogP contribution is 2.16. The predicted octanol–water partition coefficient (Wildman–Crippen LogP) is 2.15. The van der Waals surface area contributed by atoms with E-state index in [0.29, 0.717) is 13.1 Å². The van der Waals surface area contributed by atoms with Gasteiger partial charge < -0.3 is 20.3 Å². The molecule has 1 unspecified atom stereocenters. The number of hydrogen-bond donors (Lipinski definition) is 3. The summed E-state index contributed by atoms with van der Waals surface area (Å²) in [6.45, 7) is 7.72. The molecule has 9 nitrogen and oxygen atoms in total. The van der Waals surface area contributed by atoms with Gasteiger partial charge in [-0.25, -0.2) is 9.78 Å². The molecule has 3 N–H and O–H groups in total. The van der Waals surface area contributed by atoms with Gasteiger partial charge in [0.25, 0.3) is 0 Å². The summed E-state index contributed by atoms with van der Waals surface area (Å²) in [4.78, 5) is 22.7. The van der Waals surface area contributed by atoms with Gasteiger partial charge in [0.2, 0.25) is 0 Å². The number of carbonyl (C=O) groups excluding carboxylic acids is 1. The smallest absolute Gasteiger partial charge is 0.407 e. The van der Waals surface area contributed by atoms with Gasteiger partial charge in [0.15, 0.2) is 11.8 Å². The van der Waals surface area contributed by atoms with Crippen molar-refractivity contribution in [1.82, 2.24) is 30.7 Å². The zero-order chi connectivity index (χ0) is 20.9. The van der Waals surface area contributed by atoms with Crippen molar-refractivity contribution in [2.24, 2.45) is 4.99 Å². The molecule has 1 atom stereocenters. The molecule has 29 heavy (non-hydrogen) atoms. The number of nitrogens with zero attached hydrogens (tertiary/aromatic N) is 4. The zero-order valence-corrected chi connectivity index (χ0v) is 17.4. The Labute approximate surface area is 171 Å². The Morgan fingerprint density at radius 2 is 2.24 bits per heavy atom. The first kappa shape index (κ1) is 20.6. The molecule has 2 aromatic rings. The highest BCUT2D eigenvalue weighted by Gasteiger charge is 2.27. The average molecular weight is 399 g/mol. The molecule has 1 aliphatic rings. The topological polar surface area (TPSA) is 108 Å². The summed E-state index contributed by atoms with van der Waals surface area (Å²) in [5, 5.41) is 13.1. The number of nitrogens with one attached hydrogen (secondary N) is 3. The SMILES string of the molecule is CN=C(NCc1cccc(-c2ncn[nH]2)c1)N1CCC(NC(=O)OC(C)(C)C)C1. The normalized spacial score (nSPS) is 17.3. The minimum atomic E-state index is -0.500. The van der Waals surface area contributed by atoms with Gasteiger partial charge >= 0.3 is 6.09 Å². The Bertz CT molecular complexity index is 843. The van der Waals surface area contributed by atoms with Crippen molar-refractivity contribution < 1.29 is 9.53 Å². The second-order valence-corrected chi connectivity index (χ2v) is 8.01. The zero-order valence-electron chi connectivity index (χ0n) is 17.4. The van der Waals surface area contributed by atoms with Crippen LogP contribution in [0.15, 0.2) is 35.6 Å². The van der Waals surface area contributed by atoms with Crippen molar-refractivity contribution in [2.45, 2.75) is 45.4 Å². The summed E-state index contributed by atoms with van der Waals surface area (Å²) >= 11 is 0. The Morgan fingerprint density at radius 3 is 2.93 bits per heavy atom. The van der Waals surface area contributed by atoms with Crippen LogP contribution in [0.3, 0.4) is 0 Å². The highest BCUT2D eigenvalue weighted by molar-refractivity contribution is 5.80. The molecule has 156 valence electrons. The van der Waals surface area contributed by atoms with Crippen LogP contribution in [-0.2, 0) is 11.3 Å². The van der Waals surface area contributed by atoms with Crippen molar-refractivity contribution in [3.05, 3.63) is 36.2 Å². The number of aromatic amines is 1. The first-order valence-corrected chi connectivity index (χ1v) is 9.74. The maximum absolute atomic E-state index is 12.0. The Balaban J connectivity index is 1.52. The summed E-state index contributed by atoms with van der Waals surface area (Å²) in [5.74, 6) is 1.55. The van der Waals surface area contributed by atoms with Crippen molar-refractivity contribution in [3.63, 3.8) is 0 Å². The van der Waals surface area contributed by atoms with E-state index in [1.807, 2.05) is 32.9 Å². The Morgan fingerprint density at radius 1 is 1.41 bits per heavy atom. The quantitative estimate of drug-likeness (QED) is 0.537. The van der Waals surface area contributed by atoms with Gasteiger partial charge in [-0.1, -0.05) is 18.2 Å². The van der Waals surface area contributed by atoms with E-state index in [2.05, 4.69) is 47.8 Å². The first-order valence-electron chi connectivity index (χ1n) is 9.74. The van der Waals surface area contributed by atoms with Crippen molar-refractivity contribution >= 4 is 12.1 Å². The average Bonchev–Trinajstić information content (AvgIpc) is 3.33. The van der Waals surface area contributed by atoms with Crippen molar-refractivity contribution in [1.29, 1.82) is 0 Å². The molecule has 1 saturated heterocycles. The Hall–Kier alpha value is -3.10. The van der Waals surface area contributed by atoms with E-state index in [1.54, 1.807) is 7.05 Å². The number of aliphatic imine (C=N–C) groups is 1. The number of alkyl carbamates (subject to hydrolysis) is 1. The fourth-order valence-corrected chi connectivity index (χ4v) is 3.23. The fourth-order valence-electron chi connectivity index (χ4n) is 3.23. The second-order valence-electron chi connectivity index (χ2n) is 8.01. The molecule has 0 saturated carbocycles. The lowest BCUT2D eigenvalue weighted by atomic mass is 10.1. The van der Waals surface area contributed by atoms with Gasteiger partial charge in [0, 0.05) is 32.2 Å². The number of rotatable bonds is 4. The van der Waals surface area contributed by atoms with E-state index in [1.165, 1.54) is 6.33 Å². The van der Waals surface area contributed by atoms with E-state index in [4.69, 9.17) is 4.74 Å². The maximum atomic E-state index is 12.0. The van der Waals surface area contributed by atoms with Gasteiger partial charge in [0.1, 0.15) is 11.9 Å². The van der Waals surface area contributed by atoms with Crippen molar-refractivity contribution in [3.8, 4) is 11.4 Å². The third-order valence-electron chi connectivity index (χ3n) is 4.49. The maximum Gasteiger partial charge on any atom is 0.407 e. The fraction of sp³-hybridized carbons (Fsp3) is 0.500. The van der Waals surface area contributed by atoms with Gasteiger partial charge in [-0.15, -0.1) is 0 Å². The van der Waals surface area contributed by atoms with Gasteiger partial charge in [-0.2, -0.15) is 5.10 Å². The van der Waals surface area contributed by atoms with E-state index in [0.717, 1.165) is 35.9 Å². The predicted molar refractivity (Wildman–Crippen MR) is 111 cm³/mol. The number of ether oxygens (including phenoxy) is 1. The van der Waals surface area contributed by atoms with Crippen LogP contribution in [0, 0.1) is 0 Å². The van der Waals surface area contributed by atoms with E-state index in [-0.39, 0.29) is 12.1 Å². The van der Waals surface area contributed by atoms with Crippen LogP contribution in [0.2, 0.25) is 0 Å². The third-order valence-corrected chi connectivity index (χ3v) is 4.49. The van der Waals surface area contributed by atoms with Crippen LogP contribution >= 0.6 is 0 Å². The third kappa shape index (κ3) is 5.94. The van der Waals surface area contributed by atoms with Crippen LogP contribution in [0.4, 0.5) is 4.79 Å². The molecule has 0 spiro atoms. The number of H-pyrrole nitrogens is 1. The van der Waals surface area contributed by atoms with Crippen LogP contribution < -0.4 is 10.6 Å². The molecular formula is C20H29N7O2. The van der Waals surface area contributed by atoms with E-state index < -0.39 is 5.60 Å². The standard InChI is InChI=1S/C20H29N7O2/c1-20(2,3)29-19(28)25-16-8-9-27(12-16)18(21-4)22-11-14-6-5-7-15(10-14)17-23-13-24-26-17/h5-7,10,13,16H,8-9,11-12H2,1-4H3,(H,21,22)(H,25,28)(H,23,24,26). The summed E-state index contributed by atoms with van der Waals surface area (Å²) in [5.41, 5.74) is 1.60. The second kappa shape index (κ2) is 8.93. The summed E-state index contributed by atoms with van der Waals surface area (Å²) in [7, 11) is 1.77. The molecule has 3 rings (SSSR count). The van der Waals surface area contributed by atoms with E-state index in [9.17, 15) is 4.79 Å². The van der Waals surface area contributed by atoms with E-state index >= 15 is 0 Å². The lowest BCUT2D eigenvalue weighted by Crippen LogP contribution is -2.44.